The third kappa shape index (κ3) is 2.91. The Bertz CT molecular complexity index is 263. The lowest BCUT2D eigenvalue weighted by Gasteiger charge is -2.34. The third-order valence-electron chi connectivity index (χ3n) is 2.45. The monoisotopic (exact) mass is 207 g/mol. The minimum absolute atomic E-state index is 0.298. The van der Waals surface area contributed by atoms with Gasteiger partial charge in [-0.15, -0.1) is 0 Å². The number of likely N-dealkylation sites (N-methyl/N-ethyl adjacent to an activating group) is 1. The lowest BCUT2D eigenvalue weighted by Crippen LogP contribution is -2.49. The van der Waals surface area contributed by atoms with Crippen molar-refractivity contribution in [1.82, 2.24) is 9.21 Å². The largest absolute Gasteiger partial charge is 0.305 e. The van der Waals surface area contributed by atoms with Crippen molar-refractivity contribution >= 4 is 10.2 Å². The molecule has 1 aliphatic heterocycles. The van der Waals surface area contributed by atoms with Gasteiger partial charge in [-0.2, -0.15) is 12.7 Å². The summed E-state index contributed by atoms with van der Waals surface area (Å²) < 4.78 is 23.4. The lowest BCUT2D eigenvalue weighted by atomic mass is 10.1. The van der Waals surface area contributed by atoms with Gasteiger partial charge in [-0.3, -0.25) is 0 Å². The summed E-state index contributed by atoms with van der Waals surface area (Å²) in [7, 11) is 0.426. The Labute approximate surface area is 79.7 Å². The first-order chi connectivity index (χ1) is 5.91. The van der Waals surface area contributed by atoms with Crippen molar-refractivity contribution in [2.45, 2.75) is 18.9 Å². The van der Waals surface area contributed by atoms with Crippen molar-refractivity contribution in [3.05, 3.63) is 0 Å². The van der Waals surface area contributed by atoms with E-state index < -0.39 is 10.2 Å². The van der Waals surface area contributed by atoms with E-state index >= 15 is 0 Å². The fraction of sp³-hybridized carbons (Fsp3) is 1.00. The van der Waals surface area contributed by atoms with Gasteiger partial charge in [0.1, 0.15) is 0 Å². The number of hydrogen-bond acceptors (Lipinski definition) is 3. The highest BCUT2D eigenvalue weighted by atomic mass is 32.2. The van der Waals surface area contributed by atoms with Gasteiger partial charge in [-0.25, -0.2) is 5.14 Å². The number of rotatable bonds is 2. The van der Waals surface area contributed by atoms with Crippen LogP contribution in [0.1, 0.15) is 12.8 Å². The maximum Gasteiger partial charge on any atom is 0.276 e. The molecule has 5 nitrogen and oxygen atoms in total. The van der Waals surface area contributed by atoms with E-state index in [0.717, 1.165) is 12.8 Å². The van der Waals surface area contributed by atoms with Crippen LogP contribution in [0.4, 0.5) is 0 Å². The zero-order valence-corrected chi connectivity index (χ0v) is 8.92. The smallest absolute Gasteiger partial charge is 0.276 e. The molecule has 0 aliphatic carbocycles. The quantitative estimate of drug-likeness (QED) is 0.645. The van der Waals surface area contributed by atoms with E-state index in [-0.39, 0.29) is 0 Å². The van der Waals surface area contributed by atoms with Crippen molar-refractivity contribution < 1.29 is 8.42 Å². The van der Waals surface area contributed by atoms with Crippen LogP contribution >= 0.6 is 0 Å². The average Bonchev–Trinajstić information content (AvgIpc) is 2.03. The van der Waals surface area contributed by atoms with E-state index in [1.165, 1.54) is 4.31 Å². The number of nitrogens with zero attached hydrogens (tertiary/aromatic N) is 2. The van der Waals surface area contributed by atoms with Crippen LogP contribution in [0.25, 0.3) is 0 Å². The highest BCUT2D eigenvalue weighted by Gasteiger charge is 2.26. The maximum absolute atomic E-state index is 11.0. The van der Waals surface area contributed by atoms with Gasteiger partial charge >= 0.3 is 0 Å². The Kier molecular flexibility index (Phi) is 3.28. The molecule has 1 aliphatic rings. The van der Waals surface area contributed by atoms with Crippen molar-refractivity contribution in [3.8, 4) is 0 Å². The van der Waals surface area contributed by atoms with Crippen LogP contribution in [0.15, 0.2) is 0 Å². The molecule has 0 aromatic carbocycles. The molecule has 6 heteroatoms. The van der Waals surface area contributed by atoms with Crippen molar-refractivity contribution in [2.24, 2.45) is 5.14 Å². The summed E-state index contributed by atoms with van der Waals surface area (Å²) in [6, 6.07) is 0.298. The molecule has 1 atom stereocenters. The van der Waals surface area contributed by atoms with E-state index in [4.69, 9.17) is 5.14 Å². The van der Waals surface area contributed by atoms with Gasteiger partial charge in [0.15, 0.2) is 0 Å². The van der Waals surface area contributed by atoms with Crippen LogP contribution in [0, 0.1) is 0 Å². The van der Waals surface area contributed by atoms with E-state index in [0.29, 0.717) is 19.1 Å². The summed E-state index contributed by atoms with van der Waals surface area (Å²) in [5.74, 6) is 0. The molecule has 1 saturated heterocycles. The molecule has 0 saturated carbocycles. The predicted molar refractivity (Wildman–Crippen MR) is 51.4 cm³/mol. The second-order valence-corrected chi connectivity index (χ2v) is 5.21. The lowest BCUT2D eigenvalue weighted by molar-refractivity contribution is 0.190. The Balaban J connectivity index is 2.62. The van der Waals surface area contributed by atoms with Gasteiger partial charge in [0.25, 0.3) is 10.2 Å². The molecule has 1 rings (SSSR count). The van der Waals surface area contributed by atoms with E-state index in [1.54, 1.807) is 0 Å². The van der Waals surface area contributed by atoms with Crippen LogP contribution in [-0.4, -0.2) is 50.8 Å². The molecule has 0 aromatic rings. The molecule has 1 fully saturated rings. The summed E-state index contributed by atoms with van der Waals surface area (Å²) in [5, 5.41) is 5.05. The topological polar surface area (TPSA) is 66.6 Å². The van der Waals surface area contributed by atoms with Crippen molar-refractivity contribution in [1.29, 1.82) is 0 Å². The minimum Gasteiger partial charge on any atom is -0.305 e. The molecule has 0 radical (unpaired) electrons. The molecule has 1 unspecified atom stereocenters. The molecular weight excluding hydrogens is 190 g/mol. The Morgan fingerprint density at radius 3 is 2.54 bits per heavy atom. The highest BCUT2D eigenvalue weighted by molar-refractivity contribution is 7.86. The number of hydrogen-bond donors (Lipinski definition) is 1. The molecule has 1 heterocycles. The van der Waals surface area contributed by atoms with Gasteiger partial charge in [-0.1, -0.05) is 0 Å². The maximum atomic E-state index is 11.0. The number of nitrogens with two attached hydrogens (primary N) is 1. The van der Waals surface area contributed by atoms with Gasteiger partial charge in [-0.05, 0) is 26.9 Å². The van der Waals surface area contributed by atoms with Gasteiger partial charge in [0.05, 0.1) is 0 Å². The van der Waals surface area contributed by atoms with Crippen LogP contribution in [0.3, 0.4) is 0 Å². The Morgan fingerprint density at radius 2 is 2.08 bits per heavy atom. The normalized spacial score (nSPS) is 26.6. The zero-order valence-electron chi connectivity index (χ0n) is 8.10. The second-order valence-electron chi connectivity index (χ2n) is 3.66. The summed E-state index contributed by atoms with van der Waals surface area (Å²) in [5.41, 5.74) is 0. The fourth-order valence-corrected chi connectivity index (χ4v) is 2.34. The first-order valence-corrected chi connectivity index (χ1v) is 5.86. The summed E-state index contributed by atoms with van der Waals surface area (Å²) in [4.78, 5) is 2.04. The number of piperidine rings is 1. The molecule has 0 spiro atoms. The molecule has 13 heavy (non-hydrogen) atoms. The molecule has 0 amide bonds. The van der Waals surface area contributed by atoms with Gasteiger partial charge in [0.2, 0.25) is 0 Å². The summed E-state index contributed by atoms with van der Waals surface area (Å²) in [6.07, 6.45) is 1.93. The average molecular weight is 207 g/mol. The van der Waals surface area contributed by atoms with Crippen molar-refractivity contribution in [3.63, 3.8) is 0 Å². The van der Waals surface area contributed by atoms with E-state index in [1.807, 2.05) is 19.0 Å². The minimum atomic E-state index is -3.49. The standard InChI is InChI=1S/C7H17N3O2S/c1-9(2)7-4-3-5-10(6-7)13(8,11)12/h7H,3-6H2,1-2H3,(H2,8,11,12). The second kappa shape index (κ2) is 3.91. The molecule has 2 N–H and O–H groups in total. The predicted octanol–water partition coefficient (Wildman–Crippen LogP) is -0.784. The van der Waals surface area contributed by atoms with Crippen LogP contribution in [-0.2, 0) is 10.2 Å². The fourth-order valence-electron chi connectivity index (χ4n) is 1.57. The highest BCUT2D eigenvalue weighted by Crippen LogP contribution is 2.14. The Morgan fingerprint density at radius 1 is 1.46 bits per heavy atom. The zero-order chi connectivity index (χ0) is 10.1. The van der Waals surface area contributed by atoms with Gasteiger partial charge in [0, 0.05) is 19.1 Å². The Hall–Kier alpha value is -0.170. The SMILES string of the molecule is CN(C)C1CCCN(S(N)(=O)=O)C1. The van der Waals surface area contributed by atoms with Crippen molar-refractivity contribution in [2.75, 3.05) is 27.2 Å². The van der Waals surface area contributed by atoms with Crippen LogP contribution in [0.5, 0.6) is 0 Å². The molecule has 0 aromatic heterocycles. The third-order valence-corrected chi connectivity index (χ3v) is 3.50. The van der Waals surface area contributed by atoms with Gasteiger partial charge < -0.3 is 4.90 Å². The van der Waals surface area contributed by atoms with E-state index in [9.17, 15) is 8.42 Å². The molecule has 0 bridgehead atoms. The van der Waals surface area contributed by atoms with Crippen LogP contribution < -0.4 is 5.14 Å². The van der Waals surface area contributed by atoms with Crippen LogP contribution in [0.2, 0.25) is 0 Å². The molecular formula is C7H17N3O2S. The molecule has 78 valence electrons. The summed E-state index contributed by atoms with van der Waals surface area (Å²) in [6.45, 7) is 1.08. The first kappa shape index (κ1) is 10.9. The van der Waals surface area contributed by atoms with E-state index in [2.05, 4.69) is 0 Å². The first-order valence-electron chi connectivity index (χ1n) is 4.35. The summed E-state index contributed by atoms with van der Waals surface area (Å²) >= 11 is 0.